The van der Waals surface area contributed by atoms with Crippen LogP contribution in [0.2, 0.25) is 0 Å². The number of sulfonamides is 1. The topological polar surface area (TPSA) is 88.6 Å². The first-order valence-corrected chi connectivity index (χ1v) is 10.3. The summed E-state index contributed by atoms with van der Waals surface area (Å²) in [5.41, 5.74) is 0.393. The first kappa shape index (κ1) is 19.3. The lowest BCUT2D eigenvalue weighted by molar-refractivity contribution is 0.0937. The number of carbonyl (C=O) groups excluding carboxylic acids is 1. The van der Waals surface area contributed by atoms with Crippen LogP contribution in [0.15, 0.2) is 53.6 Å². The molecule has 8 heteroatoms. The Bertz CT molecular complexity index is 879. The summed E-state index contributed by atoms with van der Waals surface area (Å²) in [7, 11) is -1.97. The molecule has 2 aromatic rings. The van der Waals surface area contributed by atoms with Gasteiger partial charge >= 0.3 is 0 Å². The van der Waals surface area contributed by atoms with Crippen LogP contribution in [0, 0.1) is 5.92 Å². The normalized spacial score (nSPS) is 16.0. The number of nitrogens with zero attached hydrogens (tertiary/aromatic N) is 2. The van der Waals surface area contributed by atoms with Gasteiger partial charge in [0.25, 0.3) is 5.91 Å². The molecule has 1 amide bonds. The second-order valence-electron chi connectivity index (χ2n) is 6.43. The molecule has 0 radical (unpaired) electrons. The Hall–Kier alpha value is -2.45. The number of methoxy groups -OCH3 is 1. The molecule has 1 fully saturated rings. The summed E-state index contributed by atoms with van der Waals surface area (Å²) < 4.78 is 31.9. The predicted molar refractivity (Wildman–Crippen MR) is 101 cm³/mol. The Kier molecular flexibility index (Phi) is 6.08. The van der Waals surface area contributed by atoms with E-state index >= 15 is 0 Å². The van der Waals surface area contributed by atoms with Gasteiger partial charge in [0, 0.05) is 25.8 Å². The van der Waals surface area contributed by atoms with Crippen LogP contribution in [0.5, 0.6) is 5.88 Å². The highest BCUT2D eigenvalue weighted by Gasteiger charge is 2.29. The summed E-state index contributed by atoms with van der Waals surface area (Å²) in [6, 6.07) is 11.8. The fourth-order valence-electron chi connectivity index (χ4n) is 3.15. The van der Waals surface area contributed by atoms with E-state index in [1.165, 1.54) is 11.4 Å². The van der Waals surface area contributed by atoms with Gasteiger partial charge in [-0.1, -0.05) is 18.2 Å². The van der Waals surface area contributed by atoms with Gasteiger partial charge in [0.2, 0.25) is 15.9 Å². The van der Waals surface area contributed by atoms with Gasteiger partial charge in [0.1, 0.15) is 5.56 Å². The fourth-order valence-corrected chi connectivity index (χ4v) is 4.64. The van der Waals surface area contributed by atoms with Crippen molar-refractivity contribution >= 4 is 15.9 Å². The lowest BCUT2D eigenvalue weighted by Crippen LogP contribution is -2.41. The molecule has 0 unspecified atom stereocenters. The predicted octanol–water partition coefficient (Wildman–Crippen LogP) is 1.92. The van der Waals surface area contributed by atoms with Gasteiger partial charge in [-0.25, -0.2) is 13.4 Å². The average Bonchev–Trinajstić information content (AvgIpc) is 2.73. The highest BCUT2D eigenvalue weighted by atomic mass is 32.2. The number of aromatic nitrogens is 1. The van der Waals surface area contributed by atoms with Crippen molar-refractivity contribution in [1.82, 2.24) is 14.6 Å². The zero-order valence-electron chi connectivity index (χ0n) is 15.2. The third-order valence-electron chi connectivity index (χ3n) is 4.71. The summed E-state index contributed by atoms with van der Waals surface area (Å²) in [6.07, 6.45) is 2.98. The molecule has 2 heterocycles. The van der Waals surface area contributed by atoms with E-state index in [2.05, 4.69) is 10.3 Å². The van der Waals surface area contributed by atoms with Gasteiger partial charge < -0.3 is 10.1 Å². The summed E-state index contributed by atoms with van der Waals surface area (Å²) in [4.78, 5) is 16.7. The molecule has 1 aromatic carbocycles. The van der Waals surface area contributed by atoms with E-state index in [1.807, 2.05) is 0 Å². The van der Waals surface area contributed by atoms with E-state index in [0.29, 0.717) is 48.8 Å². The third kappa shape index (κ3) is 4.45. The minimum atomic E-state index is -3.45. The van der Waals surface area contributed by atoms with E-state index in [1.54, 1.807) is 48.7 Å². The Balaban J connectivity index is 1.53. The van der Waals surface area contributed by atoms with Gasteiger partial charge in [-0.3, -0.25) is 4.79 Å². The van der Waals surface area contributed by atoms with E-state index < -0.39 is 10.0 Å². The van der Waals surface area contributed by atoms with Crippen LogP contribution in [0.25, 0.3) is 0 Å². The molecular formula is C19H23N3O4S. The maximum Gasteiger partial charge on any atom is 0.256 e. The molecule has 1 aromatic heterocycles. The number of nitrogens with one attached hydrogen (secondary N) is 1. The monoisotopic (exact) mass is 389 g/mol. The molecule has 1 saturated heterocycles. The second kappa shape index (κ2) is 8.49. The molecule has 0 spiro atoms. The highest BCUT2D eigenvalue weighted by molar-refractivity contribution is 7.89. The Morgan fingerprint density at radius 3 is 2.56 bits per heavy atom. The van der Waals surface area contributed by atoms with E-state index in [9.17, 15) is 13.2 Å². The number of hydrogen-bond acceptors (Lipinski definition) is 5. The number of carbonyl (C=O) groups is 1. The summed E-state index contributed by atoms with van der Waals surface area (Å²) in [5.74, 6) is 0.289. The van der Waals surface area contributed by atoms with Crippen LogP contribution < -0.4 is 10.1 Å². The molecule has 7 nitrogen and oxygen atoms in total. The largest absolute Gasteiger partial charge is 0.480 e. The van der Waals surface area contributed by atoms with Crippen LogP contribution in [0.1, 0.15) is 23.2 Å². The molecule has 1 aliphatic rings. The highest BCUT2D eigenvalue weighted by Crippen LogP contribution is 2.23. The van der Waals surface area contributed by atoms with Crippen LogP contribution >= 0.6 is 0 Å². The van der Waals surface area contributed by atoms with Crippen LogP contribution in [0.4, 0.5) is 0 Å². The Labute approximate surface area is 159 Å². The molecule has 3 rings (SSSR count). The summed E-state index contributed by atoms with van der Waals surface area (Å²) in [6.45, 7) is 1.40. The zero-order valence-corrected chi connectivity index (χ0v) is 16.0. The molecule has 0 atom stereocenters. The molecule has 0 aliphatic carbocycles. The van der Waals surface area contributed by atoms with E-state index in [0.717, 1.165) is 0 Å². The quantitative estimate of drug-likeness (QED) is 0.815. The molecule has 27 heavy (non-hydrogen) atoms. The molecule has 1 N–H and O–H groups in total. The molecular weight excluding hydrogens is 366 g/mol. The maximum atomic E-state index is 12.7. The van der Waals surface area contributed by atoms with Gasteiger partial charge in [-0.15, -0.1) is 0 Å². The molecule has 0 saturated carbocycles. The standard InChI is InChI=1S/C19H23N3O4S/c1-26-19-17(8-5-11-20-19)18(23)21-14-15-9-12-22(13-10-15)27(24,25)16-6-3-2-4-7-16/h2-8,11,15H,9-10,12-14H2,1H3,(H,21,23). The number of rotatable bonds is 6. The summed E-state index contributed by atoms with van der Waals surface area (Å²) >= 11 is 0. The number of pyridine rings is 1. The third-order valence-corrected chi connectivity index (χ3v) is 6.63. The second-order valence-corrected chi connectivity index (χ2v) is 8.37. The number of piperidine rings is 1. The Morgan fingerprint density at radius 2 is 1.89 bits per heavy atom. The van der Waals surface area contributed by atoms with Gasteiger partial charge in [0.05, 0.1) is 12.0 Å². The van der Waals surface area contributed by atoms with Gasteiger partial charge in [-0.05, 0) is 43.0 Å². The fraction of sp³-hybridized carbons (Fsp3) is 0.368. The van der Waals surface area contributed by atoms with Crippen molar-refractivity contribution in [2.45, 2.75) is 17.7 Å². The lowest BCUT2D eigenvalue weighted by Gasteiger charge is -2.31. The van der Waals surface area contributed by atoms with Crippen LogP contribution in [0.3, 0.4) is 0 Å². The van der Waals surface area contributed by atoms with Crippen LogP contribution in [-0.2, 0) is 10.0 Å². The molecule has 1 aliphatic heterocycles. The van der Waals surface area contributed by atoms with Crippen molar-refractivity contribution in [3.63, 3.8) is 0 Å². The summed E-state index contributed by atoms with van der Waals surface area (Å²) in [5, 5.41) is 2.90. The van der Waals surface area contributed by atoms with Crippen molar-refractivity contribution in [3.05, 3.63) is 54.2 Å². The molecule has 144 valence electrons. The number of ether oxygens (including phenoxy) is 1. The number of hydrogen-bond donors (Lipinski definition) is 1. The lowest BCUT2D eigenvalue weighted by atomic mass is 9.98. The smallest absolute Gasteiger partial charge is 0.256 e. The van der Waals surface area contributed by atoms with Crippen molar-refractivity contribution in [1.29, 1.82) is 0 Å². The van der Waals surface area contributed by atoms with Crippen molar-refractivity contribution in [2.75, 3.05) is 26.7 Å². The van der Waals surface area contributed by atoms with E-state index in [4.69, 9.17) is 4.74 Å². The van der Waals surface area contributed by atoms with Crippen molar-refractivity contribution in [2.24, 2.45) is 5.92 Å². The average molecular weight is 389 g/mol. The minimum absolute atomic E-state index is 0.235. The Morgan fingerprint density at radius 1 is 1.19 bits per heavy atom. The minimum Gasteiger partial charge on any atom is -0.480 e. The van der Waals surface area contributed by atoms with Crippen molar-refractivity contribution in [3.8, 4) is 5.88 Å². The van der Waals surface area contributed by atoms with Gasteiger partial charge in [0.15, 0.2) is 0 Å². The van der Waals surface area contributed by atoms with Crippen molar-refractivity contribution < 1.29 is 17.9 Å². The SMILES string of the molecule is COc1ncccc1C(=O)NCC1CCN(S(=O)(=O)c2ccccc2)CC1. The maximum absolute atomic E-state index is 12.7. The van der Waals surface area contributed by atoms with Crippen LogP contribution in [-0.4, -0.2) is 50.4 Å². The molecule has 0 bridgehead atoms. The first-order valence-electron chi connectivity index (χ1n) is 8.85. The van der Waals surface area contributed by atoms with E-state index in [-0.39, 0.29) is 11.8 Å². The van der Waals surface area contributed by atoms with Gasteiger partial charge in [-0.2, -0.15) is 4.31 Å². The number of amides is 1. The number of benzene rings is 1. The first-order chi connectivity index (χ1) is 13.0. The zero-order chi connectivity index (χ0) is 19.3.